The Morgan fingerprint density at radius 1 is 1.24 bits per heavy atom. The fourth-order valence-electron chi connectivity index (χ4n) is 4.16. The number of hydrogen-bond acceptors (Lipinski definition) is 6. The number of benzene rings is 1. The predicted molar refractivity (Wildman–Crippen MR) is 109 cm³/mol. The topological polar surface area (TPSA) is 77.1 Å². The molecule has 1 aromatic rings. The number of halogens is 1. The number of hydrogen-bond donors (Lipinski definition) is 1. The van der Waals surface area contributed by atoms with E-state index in [0.717, 1.165) is 42.6 Å². The molecule has 1 amide bonds. The third-order valence-electron chi connectivity index (χ3n) is 5.47. The molecule has 1 N–H and O–H groups in total. The molecule has 0 aliphatic carbocycles. The Balaban J connectivity index is 2.02. The van der Waals surface area contributed by atoms with E-state index in [0.29, 0.717) is 16.4 Å². The van der Waals surface area contributed by atoms with Gasteiger partial charge in [0.2, 0.25) is 0 Å². The van der Waals surface area contributed by atoms with Gasteiger partial charge in [-0.05, 0) is 68.4 Å². The fourth-order valence-corrected chi connectivity index (χ4v) is 4.49. The van der Waals surface area contributed by atoms with Gasteiger partial charge in [0.25, 0.3) is 5.91 Å². The van der Waals surface area contributed by atoms with Crippen molar-refractivity contribution in [1.82, 2.24) is 10.4 Å². The van der Waals surface area contributed by atoms with Crippen molar-refractivity contribution in [2.45, 2.75) is 39.7 Å². The lowest BCUT2D eigenvalue weighted by atomic mass is 9.88. The number of ether oxygens (including phenoxy) is 2. The highest BCUT2D eigenvalue weighted by Crippen LogP contribution is 2.38. The number of nitrogens with zero attached hydrogens (tertiary/aromatic N) is 1. The monoisotopic (exact) mass is 422 g/mol. The zero-order chi connectivity index (χ0) is 21.1. The molecule has 0 radical (unpaired) electrons. The van der Waals surface area contributed by atoms with E-state index in [9.17, 15) is 9.59 Å². The lowest BCUT2D eigenvalue weighted by molar-refractivity contribution is -0.149. The summed E-state index contributed by atoms with van der Waals surface area (Å²) in [5.74, 6) is 0.204. The summed E-state index contributed by atoms with van der Waals surface area (Å²) in [6, 6.07) is 3.21. The van der Waals surface area contributed by atoms with Crippen molar-refractivity contribution in [3.63, 3.8) is 0 Å². The molecule has 1 aromatic carbocycles. The summed E-state index contributed by atoms with van der Waals surface area (Å²) in [6.07, 6.45) is 0.806. The second kappa shape index (κ2) is 9.15. The molecule has 0 spiro atoms. The van der Waals surface area contributed by atoms with E-state index >= 15 is 0 Å². The van der Waals surface area contributed by atoms with Gasteiger partial charge in [-0.15, -0.1) is 0 Å². The molecule has 1 unspecified atom stereocenters. The van der Waals surface area contributed by atoms with Crippen molar-refractivity contribution in [2.24, 2.45) is 5.92 Å². The molecule has 29 heavy (non-hydrogen) atoms. The fraction of sp³-hybridized carbons (Fsp3) is 0.524. The normalized spacial score (nSPS) is 20.7. The van der Waals surface area contributed by atoms with Crippen molar-refractivity contribution >= 4 is 29.2 Å². The SMILES string of the molecule is CCOC(=O)OC1=C(c2c(C)cc(Cl)cc2C)C(=O)NC1C1CCN(OC)CC1. The Kier molecular flexibility index (Phi) is 6.82. The average Bonchev–Trinajstić information content (AvgIpc) is 2.97. The number of hydroxylamine groups is 2. The minimum absolute atomic E-state index is 0.125. The van der Waals surface area contributed by atoms with Crippen molar-refractivity contribution in [3.8, 4) is 0 Å². The van der Waals surface area contributed by atoms with Crippen molar-refractivity contribution < 1.29 is 23.9 Å². The molecule has 2 aliphatic rings. The predicted octanol–water partition coefficient (Wildman–Crippen LogP) is 3.61. The van der Waals surface area contributed by atoms with Gasteiger partial charge in [0.05, 0.1) is 25.3 Å². The van der Waals surface area contributed by atoms with Gasteiger partial charge in [-0.1, -0.05) is 11.6 Å². The average molecular weight is 423 g/mol. The van der Waals surface area contributed by atoms with Crippen molar-refractivity contribution in [1.29, 1.82) is 0 Å². The van der Waals surface area contributed by atoms with Gasteiger partial charge >= 0.3 is 6.16 Å². The minimum atomic E-state index is -0.805. The van der Waals surface area contributed by atoms with Crippen LogP contribution in [0.5, 0.6) is 0 Å². The Hall–Kier alpha value is -2.09. The third-order valence-corrected chi connectivity index (χ3v) is 5.69. The van der Waals surface area contributed by atoms with Gasteiger partial charge in [0.15, 0.2) is 0 Å². The largest absolute Gasteiger partial charge is 0.513 e. The number of amides is 1. The highest BCUT2D eigenvalue weighted by Gasteiger charge is 2.42. The smallest absolute Gasteiger partial charge is 0.434 e. The van der Waals surface area contributed by atoms with Crippen LogP contribution in [0.25, 0.3) is 5.57 Å². The summed E-state index contributed by atoms with van der Waals surface area (Å²) in [6.45, 7) is 7.17. The van der Waals surface area contributed by atoms with Crippen LogP contribution in [0.1, 0.15) is 36.5 Å². The van der Waals surface area contributed by atoms with Crippen LogP contribution in [-0.4, -0.2) is 50.0 Å². The highest BCUT2D eigenvalue weighted by molar-refractivity contribution is 6.31. The first-order valence-corrected chi connectivity index (χ1v) is 10.2. The standard InChI is InChI=1S/C21H27ClN2O5/c1-5-28-21(26)29-19-17(16-12(2)10-15(22)11-13(16)3)20(25)23-18(19)14-6-8-24(27-4)9-7-14/h10-11,14,18H,5-9H2,1-4H3,(H,23,25). The van der Waals surface area contributed by atoms with E-state index < -0.39 is 12.2 Å². The third kappa shape index (κ3) is 4.57. The number of aryl methyl sites for hydroxylation is 2. The summed E-state index contributed by atoms with van der Waals surface area (Å²) in [4.78, 5) is 30.5. The molecular weight excluding hydrogens is 396 g/mol. The van der Waals surface area contributed by atoms with Crippen molar-refractivity contribution in [2.75, 3.05) is 26.8 Å². The number of carbonyl (C=O) groups excluding carboxylic acids is 2. The Bertz CT molecular complexity index is 807. The second-order valence-electron chi connectivity index (χ2n) is 7.34. The van der Waals surface area contributed by atoms with Crippen LogP contribution in [0.2, 0.25) is 5.02 Å². The summed E-state index contributed by atoms with van der Waals surface area (Å²) < 4.78 is 10.6. The highest BCUT2D eigenvalue weighted by atomic mass is 35.5. The van der Waals surface area contributed by atoms with Gasteiger partial charge in [-0.2, -0.15) is 5.06 Å². The molecular formula is C21H27ClN2O5. The maximum Gasteiger partial charge on any atom is 0.513 e. The first kappa shape index (κ1) is 21.6. The number of rotatable bonds is 5. The van der Waals surface area contributed by atoms with Crippen LogP contribution < -0.4 is 5.32 Å². The zero-order valence-electron chi connectivity index (χ0n) is 17.2. The first-order chi connectivity index (χ1) is 13.8. The van der Waals surface area contributed by atoms with E-state index in [1.165, 1.54) is 0 Å². The Labute approximate surface area is 175 Å². The van der Waals surface area contributed by atoms with E-state index in [1.54, 1.807) is 26.2 Å². The van der Waals surface area contributed by atoms with Gasteiger partial charge in [0.1, 0.15) is 5.76 Å². The molecule has 7 nitrogen and oxygen atoms in total. The van der Waals surface area contributed by atoms with Crippen LogP contribution in [-0.2, 0) is 19.1 Å². The quantitative estimate of drug-likeness (QED) is 0.730. The van der Waals surface area contributed by atoms with Crippen LogP contribution >= 0.6 is 11.6 Å². The van der Waals surface area contributed by atoms with E-state index in [4.69, 9.17) is 25.9 Å². The molecule has 1 saturated heterocycles. The molecule has 8 heteroatoms. The Morgan fingerprint density at radius 2 is 1.86 bits per heavy atom. The number of carbonyl (C=O) groups is 2. The van der Waals surface area contributed by atoms with E-state index in [1.807, 2.05) is 18.9 Å². The summed E-state index contributed by atoms with van der Waals surface area (Å²) in [7, 11) is 1.65. The summed E-state index contributed by atoms with van der Waals surface area (Å²) in [5.41, 5.74) is 2.81. The lowest BCUT2D eigenvalue weighted by Gasteiger charge is -2.33. The molecule has 2 aliphatic heterocycles. The van der Waals surface area contributed by atoms with Crippen LogP contribution in [0.3, 0.4) is 0 Å². The molecule has 158 valence electrons. The van der Waals surface area contributed by atoms with Gasteiger partial charge in [0, 0.05) is 18.1 Å². The molecule has 1 fully saturated rings. The second-order valence-corrected chi connectivity index (χ2v) is 7.78. The van der Waals surface area contributed by atoms with Crippen LogP contribution in [0.4, 0.5) is 4.79 Å². The summed E-state index contributed by atoms with van der Waals surface area (Å²) >= 11 is 6.17. The van der Waals surface area contributed by atoms with E-state index in [2.05, 4.69) is 5.32 Å². The van der Waals surface area contributed by atoms with Gasteiger partial charge in [-0.25, -0.2) is 4.79 Å². The van der Waals surface area contributed by atoms with Crippen LogP contribution in [0.15, 0.2) is 17.9 Å². The van der Waals surface area contributed by atoms with Gasteiger partial charge in [-0.3, -0.25) is 4.79 Å². The first-order valence-electron chi connectivity index (χ1n) is 9.81. The number of piperidine rings is 1. The minimum Gasteiger partial charge on any atom is -0.434 e. The Morgan fingerprint density at radius 3 is 2.41 bits per heavy atom. The zero-order valence-corrected chi connectivity index (χ0v) is 18.0. The maximum atomic E-state index is 13.0. The molecule has 0 aromatic heterocycles. The maximum absolute atomic E-state index is 13.0. The van der Waals surface area contributed by atoms with Crippen molar-refractivity contribution in [3.05, 3.63) is 39.6 Å². The molecule has 2 heterocycles. The molecule has 3 rings (SSSR count). The summed E-state index contributed by atoms with van der Waals surface area (Å²) in [5, 5.41) is 5.52. The molecule has 1 atom stereocenters. The van der Waals surface area contributed by atoms with Crippen LogP contribution in [0, 0.1) is 19.8 Å². The lowest BCUT2D eigenvalue weighted by Crippen LogP contribution is -2.43. The number of nitrogens with one attached hydrogen (secondary N) is 1. The van der Waals surface area contributed by atoms with E-state index in [-0.39, 0.29) is 18.4 Å². The molecule has 0 bridgehead atoms. The molecule has 0 saturated carbocycles. The van der Waals surface area contributed by atoms with Gasteiger partial charge < -0.3 is 19.6 Å².